The monoisotopic (exact) mass is 371 g/mol. The van der Waals surface area contributed by atoms with Crippen LogP contribution in [0.25, 0.3) is 11.4 Å². The zero-order chi connectivity index (χ0) is 19.4. The van der Waals surface area contributed by atoms with Crippen molar-refractivity contribution in [1.29, 1.82) is 0 Å². The van der Waals surface area contributed by atoms with Crippen LogP contribution in [0.1, 0.15) is 24.8 Å². The highest BCUT2D eigenvalue weighted by Gasteiger charge is 2.28. The zero-order valence-corrected chi connectivity index (χ0v) is 15.9. The molecule has 8 nitrogen and oxygen atoms in total. The van der Waals surface area contributed by atoms with E-state index in [1.807, 2.05) is 43.0 Å². The normalized spacial score (nSPS) is 16.6. The maximum Gasteiger partial charge on any atom is 0.317 e. The summed E-state index contributed by atoms with van der Waals surface area (Å²) in [4.78, 5) is 31.7. The second-order valence-electron chi connectivity index (χ2n) is 6.93. The summed E-state index contributed by atoms with van der Waals surface area (Å²) in [7, 11) is 1.67. The van der Waals surface area contributed by atoms with Gasteiger partial charge in [0.15, 0.2) is 0 Å². The minimum atomic E-state index is -0.229. The van der Waals surface area contributed by atoms with E-state index < -0.39 is 0 Å². The molecule has 1 aromatic heterocycles. The lowest BCUT2D eigenvalue weighted by Crippen LogP contribution is -2.39. The van der Waals surface area contributed by atoms with Crippen LogP contribution in [-0.4, -0.2) is 58.6 Å². The molecular formula is C19H25N5O3. The second-order valence-corrected chi connectivity index (χ2v) is 6.93. The summed E-state index contributed by atoms with van der Waals surface area (Å²) in [5.74, 6) is 1.19. The molecule has 1 aliphatic rings. The van der Waals surface area contributed by atoms with Gasteiger partial charge in [-0.15, -0.1) is 0 Å². The lowest BCUT2D eigenvalue weighted by molar-refractivity contribution is -0.127. The number of carbonyl (C=O) groups excluding carboxylic acids is 2. The molecule has 0 aliphatic carbocycles. The number of likely N-dealkylation sites (tertiary alicyclic amines) is 1. The maximum atomic E-state index is 12.3. The van der Waals surface area contributed by atoms with Crippen LogP contribution in [0.15, 0.2) is 28.8 Å². The van der Waals surface area contributed by atoms with Gasteiger partial charge in [-0.2, -0.15) is 4.98 Å². The number of nitrogens with zero attached hydrogens (tertiary/aromatic N) is 4. The summed E-state index contributed by atoms with van der Waals surface area (Å²) in [6.07, 6.45) is 0.487. The van der Waals surface area contributed by atoms with Crippen LogP contribution in [0.5, 0.6) is 0 Å². The summed E-state index contributed by atoms with van der Waals surface area (Å²) in [5, 5.41) is 6.86. The predicted octanol–water partition coefficient (Wildman–Crippen LogP) is 2.05. The summed E-state index contributed by atoms with van der Waals surface area (Å²) < 4.78 is 5.27. The average molecular weight is 371 g/mol. The molecule has 2 heterocycles. The summed E-state index contributed by atoms with van der Waals surface area (Å²) in [5.41, 5.74) is 1.99. The van der Waals surface area contributed by atoms with E-state index in [9.17, 15) is 9.59 Å². The van der Waals surface area contributed by atoms with Crippen molar-refractivity contribution in [3.63, 3.8) is 0 Å². The van der Waals surface area contributed by atoms with Crippen LogP contribution in [0.4, 0.5) is 4.79 Å². The van der Waals surface area contributed by atoms with Crippen LogP contribution >= 0.6 is 0 Å². The molecule has 1 saturated heterocycles. The minimum Gasteiger partial charge on any atom is -0.343 e. The third-order valence-electron chi connectivity index (χ3n) is 4.68. The van der Waals surface area contributed by atoms with Gasteiger partial charge in [-0.1, -0.05) is 28.9 Å². The van der Waals surface area contributed by atoms with Gasteiger partial charge in [0.2, 0.25) is 17.6 Å². The lowest BCUT2D eigenvalue weighted by Gasteiger charge is -2.18. The molecule has 144 valence electrons. The van der Waals surface area contributed by atoms with Crippen LogP contribution < -0.4 is 5.32 Å². The Bertz CT molecular complexity index is 819. The highest BCUT2D eigenvalue weighted by atomic mass is 16.5. The van der Waals surface area contributed by atoms with Gasteiger partial charge in [-0.25, -0.2) is 4.79 Å². The number of hydrogen-bond acceptors (Lipinski definition) is 5. The van der Waals surface area contributed by atoms with E-state index in [1.165, 1.54) is 4.90 Å². The quantitative estimate of drug-likeness (QED) is 0.839. The number of benzene rings is 1. The fourth-order valence-corrected chi connectivity index (χ4v) is 3.16. The molecule has 1 fully saturated rings. The largest absolute Gasteiger partial charge is 0.343 e. The molecular weight excluding hydrogens is 346 g/mol. The number of amides is 3. The Labute approximate surface area is 158 Å². The predicted molar refractivity (Wildman–Crippen MR) is 99.7 cm³/mol. The van der Waals surface area contributed by atoms with Gasteiger partial charge in [0.25, 0.3) is 0 Å². The Kier molecular flexibility index (Phi) is 5.73. The van der Waals surface area contributed by atoms with Gasteiger partial charge in [0, 0.05) is 44.6 Å². The Balaban J connectivity index is 1.51. The van der Waals surface area contributed by atoms with Crippen LogP contribution in [0, 0.1) is 12.8 Å². The topological polar surface area (TPSA) is 91.6 Å². The van der Waals surface area contributed by atoms with Crippen LogP contribution in [0.3, 0.4) is 0 Å². The molecule has 3 amide bonds. The SMILES string of the molecule is CCN1CC(CNC(=O)N(C)Cc2nc(-c3cccc(C)c3)no2)CC1=O. The first-order valence-corrected chi connectivity index (χ1v) is 9.12. The molecule has 0 radical (unpaired) electrons. The minimum absolute atomic E-state index is 0.152. The molecule has 0 bridgehead atoms. The lowest BCUT2D eigenvalue weighted by atomic mass is 10.1. The van der Waals surface area contributed by atoms with E-state index in [0.717, 1.165) is 11.1 Å². The van der Waals surface area contributed by atoms with Crippen molar-refractivity contribution >= 4 is 11.9 Å². The molecule has 0 saturated carbocycles. The summed E-state index contributed by atoms with van der Waals surface area (Å²) in [6, 6.07) is 7.61. The van der Waals surface area contributed by atoms with Crippen molar-refractivity contribution in [3.8, 4) is 11.4 Å². The van der Waals surface area contributed by atoms with E-state index in [0.29, 0.717) is 37.8 Å². The molecule has 3 rings (SSSR count). The fourth-order valence-electron chi connectivity index (χ4n) is 3.16. The molecule has 1 N–H and O–H groups in total. The van der Waals surface area contributed by atoms with E-state index in [-0.39, 0.29) is 24.4 Å². The Morgan fingerprint density at radius 3 is 2.96 bits per heavy atom. The zero-order valence-electron chi connectivity index (χ0n) is 15.9. The number of carbonyl (C=O) groups is 2. The van der Waals surface area contributed by atoms with E-state index in [2.05, 4.69) is 15.5 Å². The molecule has 1 aromatic carbocycles. The van der Waals surface area contributed by atoms with Crippen LogP contribution in [-0.2, 0) is 11.3 Å². The van der Waals surface area contributed by atoms with Gasteiger partial charge in [-0.3, -0.25) is 4.79 Å². The van der Waals surface area contributed by atoms with Gasteiger partial charge >= 0.3 is 6.03 Å². The van der Waals surface area contributed by atoms with Crippen molar-refractivity contribution in [1.82, 2.24) is 25.3 Å². The van der Waals surface area contributed by atoms with E-state index >= 15 is 0 Å². The number of rotatable bonds is 6. The van der Waals surface area contributed by atoms with Crippen molar-refractivity contribution in [2.24, 2.45) is 5.92 Å². The Morgan fingerprint density at radius 2 is 2.26 bits per heavy atom. The molecule has 2 aromatic rings. The van der Waals surface area contributed by atoms with Gasteiger partial charge in [0.1, 0.15) is 6.54 Å². The molecule has 1 unspecified atom stereocenters. The molecule has 8 heteroatoms. The summed E-state index contributed by atoms with van der Waals surface area (Å²) in [6.45, 7) is 6.06. The highest BCUT2D eigenvalue weighted by molar-refractivity contribution is 5.79. The third-order valence-corrected chi connectivity index (χ3v) is 4.68. The Hall–Kier alpha value is -2.90. The maximum absolute atomic E-state index is 12.3. The van der Waals surface area contributed by atoms with Crippen molar-refractivity contribution < 1.29 is 14.1 Å². The summed E-state index contributed by atoms with van der Waals surface area (Å²) >= 11 is 0. The fraction of sp³-hybridized carbons (Fsp3) is 0.474. The molecule has 0 spiro atoms. The molecule has 27 heavy (non-hydrogen) atoms. The first-order valence-electron chi connectivity index (χ1n) is 9.12. The first-order chi connectivity index (χ1) is 13.0. The van der Waals surface area contributed by atoms with Crippen molar-refractivity contribution in [2.45, 2.75) is 26.8 Å². The number of aromatic nitrogens is 2. The number of urea groups is 1. The number of aryl methyl sites for hydroxylation is 1. The van der Waals surface area contributed by atoms with Crippen LogP contribution in [0.2, 0.25) is 0 Å². The van der Waals surface area contributed by atoms with Gasteiger partial charge < -0.3 is 19.6 Å². The number of nitrogens with one attached hydrogen (secondary N) is 1. The van der Waals surface area contributed by atoms with E-state index in [4.69, 9.17) is 4.52 Å². The number of hydrogen-bond donors (Lipinski definition) is 1. The van der Waals surface area contributed by atoms with Gasteiger partial charge in [0.05, 0.1) is 0 Å². The standard InChI is InChI=1S/C19H25N5O3/c1-4-24-11-14(9-17(24)25)10-20-19(26)23(3)12-16-21-18(22-27-16)15-7-5-6-13(2)8-15/h5-8,14H,4,9-12H2,1-3H3,(H,20,26). The molecule has 1 atom stereocenters. The highest BCUT2D eigenvalue weighted by Crippen LogP contribution is 2.18. The van der Waals surface area contributed by atoms with Crippen molar-refractivity contribution in [3.05, 3.63) is 35.7 Å². The second kappa shape index (κ2) is 8.20. The van der Waals surface area contributed by atoms with Gasteiger partial charge in [-0.05, 0) is 19.9 Å². The average Bonchev–Trinajstić information content (AvgIpc) is 3.26. The first kappa shape index (κ1) is 18.9. The third kappa shape index (κ3) is 4.64. The smallest absolute Gasteiger partial charge is 0.317 e. The van der Waals surface area contributed by atoms with E-state index in [1.54, 1.807) is 7.05 Å². The van der Waals surface area contributed by atoms with Crippen molar-refractivity contribution in [2.75, 3.05) is 26.7 Å². The Morgan fingerprint density at radius 1 is 1.44 bits per heavy atom. The molecule has 1 aliphatic heterocycles.